The number of rotatable bonds is 4. The van der Waals surface area contributed by atoms with Gasteiger partial charge in [-0.05, 0) is 12.1 Å². The van der Waals surface area contributed by atoms with E-state index in [1.165, 1.54) is 0 Å². The molecule has 1 aromatic carbocycles. The van der Waals surface area contributed by atoms with Crippen LogP contribution in [0.2, 0.25) is 0 Å². The molecular formula is C12H15NO4S. The predicted octanol–water partition coefficient (Wildman–Crippen LogP) is 1.49. The van der Waals surface area contributed by atoms with Crippen molar-refractivity contribution >= 4 is 17.7 Å². The molecule has 1 fully saturated rings. The molecular weight excluding hydrogens is 254 g/mol. The van der Waals surface area contributed by atoms with Crippen molar-refractivity contribution in [1.29, 1.82) is 0 Å². The Morgan fingerprint density at radius 2 is 2.22 bits per heavy atom. The highest BCUT2D eigenvalue weighted by Crippen LogP contribution is 2.39. The Morgan fingerprint density at radius 3 is 2.78 bits per heavy atom. The van der Waals surface area contributed by atoms with Crippen LogP contribution in [0.15, 0.2) is 18.2 Å². The van der Waals surface area contributed by atoms with Crippen molar-refractivity contribution in [2.75, 3.05) is 20.0 Å². The Balaban J connectivity index is 2.21. The fraction of sp³-hybridized carbons (Fsp3) is 0.417. The Bertz CT molecular complexity index is 452. The molecule has 0 saturated carbocycles. The van der Waals surface area contributed by atoms with Crippen molar-refractivity contribution in [1.82, 2.24) is 5.32 Å². The second kappa shape index (κ2) is 5.49. The number of carboxylic acids is 1. The zero-order valence-corrected chi connectivity index (χ0v) is 11.0. The maximum Gasteiger partial charge on any atom is 0.321 e. The van der Waals surface area contributed by atoms with Crippen molar-refractivity contribution < 1.29 is 19.4 Å². The van der Waals surface area contributed by atoms with Gasteiger partial charge in [0.2, 0.25) is 0 Å². The third-order valence-electron chi connectivity index (χ3n) is 2.80. The van der Waals surface area contributed by atoms with Gasteiger partial charge in [0.25, 0.3) is 0 Å². The van der Waals surface area contributed by atoms with E-state index in [1.807, 2.05) is 12.1 Å². The summed E-state index contributed by atoms with van der Waals surface area (Å²) < 4.78 is 10.4. The minimum absolute atomic E-state index is 0.0630. The van der Waals surface area contributed by atoms with Gasteiger partial charge in [0.1, 0.15) is 17.5 Å². The summed E-state index contributed by atoms with van der Waals surface area (Å²) in [6, 6.07) is 5.03. The molecule has 98 valence electrons. The van der Waals surface area contributed by atoms with Crippen LogP contribution >= 0.6 is 11.8 Å². The quantitative estimate of drug-likeness (QED) is 0.863. The van der Waals surface area contributed by atoms with Gasteiger partial charge in [-0.2, -0.15) is 0 Å². The largest absolute Gasteiger partial charge is 0.497 e. The van der Waals surface area contributed by atoms with Crippen molar-refractivity contribution in [2.24, 2.45) is 0 Å². The molecule has 1 aliphatic heterocycles. The maximum atomic E-state index is 10.9. The summed E-state index contributed by atoms with van der Waals surface area (Å²) >= 11 is 1.56. The maximum absolute atomic E-state index is 10.9. The Hall–Kier alpha value is -1.40. The first-order valence-electron chi connectivity index (χ1n) is 5.48. The van der Waals surface area contributed by atoms with E-state index in [9.17, 15) is 4.79 Å². The number of hydrogen-bond donors (Lipinski definition) is 2. The number of methoxy groups -OCH3 is 2. The normalized spacial score (nSPS) is 22.8. The Labute approximate surface area is 109 Å². The lowest BCUT2D eigenvalue weighted by atomic mass is 10.1. The summed E-state index contributed by atoms with van der Waals surface area (Å²) in [7, 11) is 3.18. The van der Waals surface area contributed by atoms with Crippen LogP contribution in [0, 0.1) is 0 Å². The van der Waals surface area contributed by atoms with Gasteiger partial charge in [0.15, 0.2) is 0 Å². The third kappa shape index (κ3) is 2.54. The number of thioether (sulfide) groups is 1. The van der Waals surface area contributed by atoms with E-state index in [4.69, 9.17) is 14.6 Å². The highest BCUT2D eigenvalue weighted by atomic mass is 32.2. The highest BCUT2D eigenvalue weighted by Gasteiger charge is 2.31. The molecule has 5 nitrogen and oxygen atoms in total. The van der Waals surface area contributed by atoms with E-state index in [0.29, 0.717) is 17.3 Å². The summed E-state index contributed by atoms with van der Waals surface area (Å²) in [5, 5.41) is 12.0. The molecule has 1 aromatic rings. The van der Waals surface area contributed by atoms with Crippen molar-refractivity contribution in [3.63, 3.8) is 0 Å². The highest BCUT2D eigenvalue weighted by molar-refractivity contribution is 7.99. The molecule has 18 heavy (non-hydrogen) atoms. The van der Waals surface area contributed by atoms with Gasteiger partial charge in [0.05, 0.1) is 19.6 Å². The molecule has 0 aliphatic carbocycles. The fourth-order valence-electron chi connectivity index (χ4n) is 1.83. The SMILES string of the molecule is COc1ccc(C2NC(C(=O)O)CS2)c(OC)c1. The van der Waals surface area contributed by atoms with Crippen molar-refractivity contribution in [2.45, 2.75) is 11.4 Å². The topological polar surface area (TPSA) is 67.8 Å². The molecule has 2 unspecified atom stereocenters. The average Bonchev–Trinajstić information content (AvgIpc) is 2.87. The molecule has 0 aromatic heterocycles. The number of ether oxygens (including phenoxy) is 2. The summed E-state index contributed by atoms with van der Waals surface area (Å²) in [6.45, 7) is 0. The average molecular weight is 269 g/mol. The van der Waals surface area contributed by atoms with Gasteiger partial charge >= 0.3 is 5.97 Å². The van der Waals surface area contributed by atoms with E-state index in [1.54, 1.807) is 32.0 Å². The number of hydrogen-bond acceptors (Lipinski definition) is 5. The van der Waals surface area contributed by atoms with Gasteiger partial charge < -0.3 is 14.6 Å². The monoisotopic (exact) mass is 269 g/mol. The second-order valence-corrected chi connectivity index (χ2v) is 5.02. The smallest absolute Gasteiger partial charge is 0.321 e. The van der Waals surface area contributed by atoms with E-state index in [-0.39, 0.29) is 5.37 Å². The van der Waals surface area contributed by atoms with Crippen LogP contribution in [0.3, 0.4) is 0 Å². The van der Waals surface area contributed by atoms with E-state index < -0.39 is 12.0 Å². The molecule has 1 saturated heterocycles. The lowest BCUT2D eigenvalue weighted by Gasteiger charge is -2.16. The van der Waals surface area contributed by atoms with Gasteiger partial charge in [0, 0.05) is 17.4 Å². The van der Waals surface area contributed by atoms with Crippen LogP contribution in [-0.4, -0.2) is 37.1 Å². The molecule has 0 amide bonds. The predicted molar refractivity (Wildman–Crippen MR) is 69.3 cm³/mol. The van der Waals surface area contributed by atoms with Crippen LogP contribution in [-0.2, 0) is 4.79 Å². The van der Waals surface area contributed by atoms with Crippen LogP contribution in [0.5, 0.6) is 11.5 Å². The summed E-state index contributed by atoms with van der Waals surface area (Å²) in [4.78, 5) is 10.9. The molecule has 2 rings (SSSR count). The van der Waals surface area contributed by atoms with Gasteiger partial charge in [-0.25, -0.2) is 0 Å². The van der Waals surface area contributed by atoms with Gasteiger partial charge in [-0.1, -0.05) is 0 Å². The number of carboxylic acid groups (broad SMARTS) is 1. The molecule has 0 spiro atoms. The molecule has 2 N–H and O–H groups in total. The number of benzene rings is 1. The van der Waals surface area contributed by atoms with Gasteiger partial charge in [-0.15, -0.1) is 11.8 Å². The zero-order valence-electron chi connectivity index (χ0n) is 10.2. The van der Waals surface area contributed by atoms with Crippen LogP contribution in [0.25, 0.3) is 0 Å². The Morgan fingerprint density at radius 1 is 1.44 bits per heavy atom. The first kappa shape index (κ1) is 13.0. The summed E-state index contributed by atoms with van der Waals surface area (Å²) in [6.07, 6.45) is 0. The lowest BCUT2D eigenvalue weighted by molar-refractivity contribution is -0.138. The van der Waals surface area contributed by atoms with Gasteiger partial charge in [-0.3, -0.25) is 10.1 Å². The number of nitrogens with one attached hydrogen (secondary N) is 1. The standard InChI is InChI=1S/C12H15NO4S/c1-16-7-3-4-8(10(5-7)17-2)11-13-9(6-18-11)12(14)15/h3-5,9,11,13H,6H2,1-2H3,(H,14,15). The van der Waals surface area contributed by atoms with Crippen LogP contribution in [0.1, 0.15) is 10.9 Å². The zero-order chi connectivity index (χ0) is 13.1. The third-order valence-corrected chi connectivity index (χ3v) is 4.05. The second-order valence-electron chi connectivity index (χ2n) is 3.88. The first-order valence-corrected chi connectivity index (χ1v) is 6.53. The van der Waals surface area contributed by atoms with E-state index >= 15 is 0 Å². The molecule has 1 aliphatic rings. The molecule has 0 radical (unpaired) electrons. The van der Waals surface area contributed by atoms with E-state index in [0.717, 1.165) is 5.56 Å². The summed E-state index contributed by atoms with van der Waals surface area (Å²) in [5.74, 6) is 1.14. The van der Waals surface area contributed by atoms with Crippen LogP contribution < -0.4 is 14.8 Å². The fourth-order valence-corrected chi connectivity index (χ4v) is 3.09. The van der Waals surface area contributed by atoms with Crippen molar-refractivity contribution in [3.05, 3.63) is 23.8 Å². The van der Waals surface area contributed by atoms with Crippen LogP contribution in [0.4, 0.5) is 0 Å². The minimum atomic E-state index is -0.822. The number of carbonyl (C=O) groups is 1. The number of aliphatic carboxylic acids is 1. The lowest BCUT2D eigenvalue weighted by Crippen LogP contribution is -2.33. The molecule has 0 bridgehead atoms. The molecule has 6 heteroatoms. The first-order chi connectivity index (χ1) is 8.65. The Kier molecular flexibility index (Phi) is 3.98. The molecule has 2 atom stereocenters. The van der Waals surface area contributed by atoms with Crippen molar-refractivity contribution in [3.8, 4) is 11.5 Å². The molecule has 1 heterocycles. The minimum Gasteiger partial charge on any atom is -0.497 e. The summed E-state index contributed by atoms with van der Waals surface area (Å²) in [5.41, 5.74) is 0.937. The van der Waals surface area contributed by atoms with E-state index in [2.05, 4.69) is 5.32 Å².